The van der Waals surface area contributed by atoms with Gasteiger partial charge in [-0.1, -0.05) is 20.3 Å². The number of hydrogen-bond acceptors (Lipinski definition) is 4. The maximum Gasteiger partial charge on any atom is 0.451 e. The van der Waals surface area contributed by atoms with Gasteiger partial charge in [-0.15, -0.1) is 0 Å². The molecule has 1 fully saturated rings. The van der Waals surface area contributed by atoms with E-state index in [-0.39, 0.29) is 17.7 Å². The van der Waals surface area contributed by atoms with Crippen molar-refractivity contribution < 1.29 is 13.2 Å². The van der Waals surface area contributed by atoms with Gasteiger partial charge in [-0.25, -0.2) is 9.97 Å². The maximum absolute atomic E-state index is 12.6. The lowest BCUT2D eigenvalue weighted by Crippen LogP contribution is -2.26. The summed E-state index contributed by atoms with van der Waals surface area (Å²) in [5.41, 5.74) is 5.43. The fourth-order valence-corrected chi connectivity index (χ4v) is 2.88. The molecule has 112 valence electrons. The number of anilines is 2. The van der Waals surface area contributed by atoms with Gasteiger partial charge in [-0.2, -0.15) is 13.2 Å². The van der Waals surface area contributed by atoms with Crippen LogP contribution in [0.4, 0.5) is 24.8 Å². The minimum atomic E-state index is -4.58. The second kappa shape index (κ2) is 5.46. The second-order valence-electron chi connectivity index (χ2n) is 5.36. The predicted molar refractivity (Wildman–Crippen MR) is 71.0 cm³/mol. The van der Waals surface area contributed by atoms with E-state index < -0.39 is 12.0 Å². The summed E-state index contributed by atoms with van der Waals surface area (Å²) in [5, 5.41) is 3.08. The van der Waals surface area contributed by atoms with Gasteiger partial charge in [0.2, 0.25) is 5.82 Å². The van der Waals surface area contributed by atoms with Crippen molar-refractivity contribution in [3.63, 3.8) is 0 Å². The predicted octanol–water partition coefficient (Wildman–Crippen LogP) is 3.31. The number of nitrogens with one attached hydrogen (secondary N) is 1. The molecule has 0 aliphatic heterocycles. The van der Waals surface area contributed by atoms with Crippen LogP contribution in [0.1, 0.15) is 38.9 Å². The van der Waals surface area contributed by atoms with Crippen LogP contribution in [0, 0.1) is 11.8 Å². The van der Waals surface area contributed by atoms with Crippen LogP contribution in [0.25, 0.3) is 0 Å². The van der Waals surface area contributed by atoms with Crippen molar-refractivity contribution in [3.8, 4) is 0 Å². The number of rotatable bonds is 3. The smallest absolute Gasteiger partial charge is 0.384 e. The van der Waals surface area contributed by atoms with Gasteiger partial charge in [0.15, 0.2) is 0 Å². The molecular formula is C13H19F3N4. The number of nitrogens with two attached hydrogens (primary N) is 1. The molecule has 1 saturated carbocycles. The number of hydrogen-bond donors (Lipinski definition) is 2. The molecule has 0 spiro atoms. The molecule has 4 nitrogen and oxygen atoms in total. The van der Waals surface area contributed by atoms with E-state index in [2.05, 4.69) is 29.1 Å². The molecule has 20 heavy (non-hydrogen) atoms. The van der Waals surface area contributed by atoms with Crippen LogP contribution < -0.4 is 11.1 Å². The summed E-state index contributed by atoms with van der Waals surface area (Å²) in [6.45, 7) is 4.25. The normalized spacial score (nSPS) is 26.8. The lowest BCUT2D eigenvalue weighted by Gasteiger charge is -2.22. The standard InChI is InChI=1S/C13H19F3N4/c1-3-8-4-5-9(7(8)2)18-11-6-10(17)19-12(20-11)13(14,15)16/h6-9H,3-5H2,1-2H3,(H3,17,18,19,20). The summed E-state index contributed by atoms with van der Waals surface area (Å²) in [7, 11) is 0. The summed E-state index contributed by atoms with van der Waals surface area (Å²) >= 11 is 0. The lowest BCUT2D eigenvalue weighted by molar-refractivity contribution is -0.144. The first-order valence-corrected chi connectivity index (χ1v) is 6.79. The molecule has 1 aromatic rings. The fraction of sp³-hybridized carbons (Fsp3) is 0.692. The Morgan fingerprint density at radius 2 is 2.05 bits per heavy atom. The van der Waals surface area contributed by atoms with Gasteiger partial charge in [0.05, 0.1) is 0 Å². The minimum Gasteiger partial charge on any atom is -0.384 e. The van der Waals surface area contributed by atoms with Crippen LogP contribution in [0.3, 0.4) is 0 Å². The van der Waals surface area contributed by atoms with Crippen LogP contribution in [0.2, 0.25) is 0 Å². The molecular weight excluding hydrogens is 269 g/mol. The van der Waals surface area contributed by atoms with Crippen molar-refractivity contribution in [3.05, 3.63) is 11.9 Å². The molecule has 0 bridgehead atoms. The maximum atomic E-state index is 12.6. The molecule has 1 aliphatic carbocycles. The van der Waals surface area contributed by atoms with E-state index in [0.717, 1.165) is 19.3 Å². The zero-order chi connectivity index (χ0) is 14.9. The Kier molecular flexibility index (Phi) is 4.06. The van der Waals surface area contributed by atoms with E-state index in [0.29, 0.717) is 11.8 Å². The zero-order valence-corrected chi connectivity index (χ0v) is 11.5. The molecule has 0 aromatic carbocycles. The number of aromatic nitrogens is 2. The zero-order valence-electron chi connectivity index (χ0n) is 11.5. The van der Waals surface area contributed by atoms with Gasteiger partial charge < -0.3 is 11.1 Å². The molecule has 1 heterocycles. The van der Waals surface area contributed by atoms with Gasteiger partial charge in [0.1, 0.15) is 11.6 Å². The van der Waals surface area contributed by atoms with Crippen molar-refractivity contribution in [1.82, 2.24) is 9.97 Å². The number of halogens is 3. The van der Waals surface area contributed by atoms with Crippen LogP contribution in [-0.2, 0) is 6.18 Å². The van der Waals surface area contributed by atoms with Crippen molar-refractivity contribution >= 4 is 11.6 Å². The molecule has 1 aromatic heterocycles. The van der Waals surface area contributed by atoms with Crippen LogP contribution in [0.15, 0.2) is 6.07 Å². The number of nitrogens with zero attached hydrogens (tertiary/aromatic N) is 2. The Bertz CT molecular complexity index is 475. The highest BCUT2D eigenvalue weighted by Crippen LogP contribution is 2.36. The third-order valence-electron chi connectivity index (χ3n) is 4.08. The Morgan fingerprint density at radius 3 is 2.60 bits per heavy atom. The first kappa shape index (κ1) is 14.9. The summed E-state index contributed by atoms with van der Waals surface area (Å²) in [4.78, 5) is 6.76. The van der Waals surface area contributed by atoms with Gasteiger partial charge in [0, 0.05) is 12.1 Å². The highest BCUT2D eigenvalue weighted by molar-refractivity contribution is 5.45. The Hall–Kier alpha value is -1.53. The highest BCUT2D eigenvalue weighted by atomic mass is 19.4. The van der Waals surface area contributed by atoms with E-state index in [4.69, 9.17) is 5.73 Å². The SMILES string of the molecule is CCC1CCC(Nc2cc(N)nc(C(F)(F)F)n2)C1C. The molecule has 3 atom stereocenters. The summed E-state index contributed by atoms with van der Waals surface area (Å²) in [6.07, 6.45) is -1.48. The van der Waals surface area contributed by atoms with Crippen molar-refractivity contribution in [2.24, 2.45) is 11.8 Å². The quantitative estimate of drug-likeness (QED) is 0.895. The molecule has 3 unspecified atom stereocenters. The van der Waals surface area contributed by atoms with Gasteiger partial charge in [-0.3, -0.25) is 0 Å². The van der Waals surface area contributed by atoms with Crippen molar-refractivity contribution in [2.45, 2.75) is 45.3 Å². The largest absolute Gasteiger partial charge is 0.451 e. The first-order chi connectivity index (χ1) is 9.31. The van der Waals surface area contributed by atoms with Crippen LogP contribution >= 0.6 is 0 Å². The van der Waals surface area contributed by atoms with Gasteiger partial charge >= 0.3 is 6.18 Å². The third-order valence-corrected chi connectivity index (χ3v) is 4.08. The van der Waals surface area contributed by atoms with Crippen LogP contribution in [-0.4, -0.2) is 16.0 Å². The summed E-state index contributed by atoms with van der Waals surface area (Å²) in [5.74, 6) is -0.206. The summed E-state index contributed by atoms with van der Waals surface area (Å²) in [6, 6.07) is 1.48. The van der Waals surface area contributed by atoms with E-state index in [1.54, 1.807) is 0 Å². The molecule has 0 saturated heterocycles. The Labute approximate surface area is 116 Å². The van der Waals surface area contributed by atoms with Gasteiger partial charge in [0.25, 0.3) is 0 Å². The minimum absolute atomic E-state index is 0.135. The second-order valence-corrected chi connectivity index (χ2v) is 5.36. The Morgan fingerprint density at radius 1 is 1.35 bits per heavy atom. The Balaban J connectivity index is 2.16. The monoisotopic (exact) mass is 288 g/mol. The fourth-order valence-electron chi connectivity index (χ4n) is 2.88. The molecule has 0 radical (unpaired) electrons. The van der Waals surface area contributed by atoms with E-state index in [9.17, 15) is 13.2 Å². The van der Waals surface area contributed by atoms with Crippen molar-refractivity contribution in [1.29, 1.82) is 0 Å². The molecule has 7 heteroatoms. The molecule has 3 N–H and O–H groups in total. The first-order valence-electron chi connectivity index (χ1n) is 6.79. The number of nitrogen functional groups attached to an aromatic ring is 1. The van der Waals surface area contributed by atoms with E-state index in [1.807, 2.05) is 0 Å². The topological polar surface area (TPSA) is 63.8 Å². The third kappa shape index (κ3) is 3.13. The molecule has 0 amide bonds. The number of alkyl halides is 3. The highest BCUT2D eigenvalue weighted by Gasteiger charge is 2.36. The van der Waals surface area contributed by atoms with E-state index in [1.165, 1.54) is 6.07 Å². The van der Waals surface area contributed by atoms with Crippen LogP contribution in [0.5, 0.6) is 0 Å². The summed E-state index contributed by atoms with van der Waals surface area (Å²) < 4.78 is 37.9. The van der Waals surface area contributed by atoms with Gasteiger partial charge in [-0.05, 0) is 24.7 Å². The average molecular weight is 288 g/mol. The van der Waals surface area contributed by atoms with Crippen molar-refractivity contribution in [2.75, 3.05) is 11.1 Å². The molecule has 2 rings (SSSR count). The average Bonchev–Trinajstić information content (AvgIpc) is 2.69. The van der Waals surface area contributed by atoms with E-state index >= 15 is 0 Å². The molecule has 1 aliphatic rings. The lowest BCUT2D eigenvalue weighted by atomic mass is 9.93.